The Morgan fingerprint density at radius 2 is 1.67 bits per heavy atom. The van der Waals surface area contributed by atoms with E-state index < -0.39 is 0 Å². The SMILES string of the molecule is C=CCOc1c(CC=C)cccc1OCc1ccccc1. The summed E-state index contributed by atoms with van der Waals surface area (Å²) in [5.41, 5.74) is 2.19. The summed E-state index contributed by atoms with van der Waals surface area (Å²) in [4.78, 5) is 0. The number of hydrogen-bond acceptors (Lipinski definition) is 2. The Hall–Kier alpha value is -2.48. The van der Waals surface area contributed by atoms with Gasteiger partial charge in [-0.05, 0) is 18.1 Å². The summed E-state index contributed by atoms with van der Waals surface area (Å²) >= 11 is 0. The van der Waals surface area contributed by atoms with Gasteiger partial charge in [-0.2, -0.15) is 0 Å². The maximum absolute atomic E-state index is 5.91. The highest BCUT2D eigenvalue weighted by atomic mass is 16.5. The molecule has 0 N–H and O–H groups in total. The monoisotopic (exact) mass is 280 g/mol. The molecular weight excluding hydrogens is 260 g/mol. The molecule has 0 atom stereocenters. The lowest BCUT2D eigenvalue weighted by molar-refractivity contribution is 0.274. The standard InChI is InChI=1S/C19H20O2/c1-3-9-17-12-8-13-18(19(17)20-14-4-2)21-15-16-10-6-5-7-11-16/h3-8,10-13H,1-2,9,14-15H2. The van der Waals surface area contributed by atoms with Crippen molar-refractivity contribution in [3.8, 4) is 11.5 Å². The maximum atomic E-state index is 5.91. The molecule has 2 aromatic rings. The summed E-state index contributed by atoms with van der Waals surface area (Å²) in [6, 6.07) is 16.0. The molecule has 108 valence electrons. The molecule has 0 saturated carbocycles. The first-order valence-corrected chi connectivity index (χ1v) is 6.98. The molecule has 0 aliphatic rings. The molecule has 0 aromatic heterocycles. The van der Waals surface area contributed by atoms with Gasteiger partial charge in [0.25, 0.3) is 0 Å². The van der Waals surface area contributed by atoms with Crippen molar-refractivity contribution in [1.29, 1.82) is 0 Å². The molecule has 0 spiro atoms. The molecule has 21 heavy (non-hydrogen) atoms. The molecule has 0 heterocycles. The van der Waals surface area contributed by atoms with Gasteiger partial charge in [0.2, 0.25) is 0 Å². The number of ether oxygens (including phenoxy) is 2. The van der Waals surface area contributed by atoms with E-state index in [4.69, 9.17) is 9.47 Å². The summed E-state index contributed by atoms with van der Waals surface area (Å²) in [7, 11) is 0. The molecule has 0 fully saturated rings. The van der Waals surface area contributed by atoms with Crippen LogP contribution in [0.2, 0.25) is 0 Å². The average molecular weight is 280 g/mol. The third-order valence-corrected chi connectivity index (χ3v) is 3.01. The number of hydrogen-bond donors (Lipinski definition) is 0. The van der Waals surface area contributed by atoms with E-state index in [9.17, 15) is 0 Å². The van der Waals surface area contributed by atoms with Crippen LogP contribution in [0.3, 0.4) is 0 Å². The Kier molecular flexibility index (Phi) is 5.65. The Balaban J connectivity index is 2.18. The molecule has 0 amide bonds. The minimum atomic E-state index is 0.454. The van der Waals surface area contributed by atoms with Gasteiger partial charge in [-0.15, -0.1) is 6.58 Å². The van der Waals surface area contributed by atoms with Crippen LogP contribution >= 0.6 is 0 Å². The summed E-state index contributed by atoms with van der Waals surface area (Å²) in [5.74, 6) is 1.52. The van der Waals surface area contributed by atoms with Crippen molar-refractivity contribution in [2.45, 2.75) is 13.0 Å². The maximum Gasteiger partial charge on any atom is 0.165 e. The predicted octanol–water partition coefficient (Wildman–Crippen LogP) is 4.56. The lowest BCUT2D eigenvalue weighted by atomic mass is 10.1. The van der Waals surface area contributed by atoms with Crippen molar-refractivity contribution in [3.05, 3.63) is 85.0 Å². The van der Waals surface area contributed by atoms with Gasteiger partial charge in [0.05, 0.1) is 0 Å². The molecule has 0 aliphatic carbocycles. The molecule has 0 radical (unpaired) electrons. The molecule has 0 aliphatic heterocycles. The highest BCUT2D eigenvalue weighted by Gasteiger charge is 2.10. The van der Waals surface area contributed by atoms with Crippen LogP contribution < -0.4 is 9.47 Å². The topological polar surface area (TPSA) is 18.5 Å². The van der Waals surface area contributed by atoms with E-state index in [-0.39, 0.29) is 0 Å². The van der Waals surface area contributed by atoms with E-state index in [1.807, 2.05) is 54.6 Å². The zero-order valence-electron chi connectivity index (χ0n) is 12.1. The third-order valence-electron chi connectivity index (χ3n) is 3.01. The Morgan fingerprint density at radius 3 is 2.38 bits per heavy atom. The van der Waals surface area contributed by atoms with Crippen LogP contribution in [-0.2, 0) is 13.0 Å². The average Bonchev–Trinajstić information content (AvgIpc) is 2.53. The van der Waals surface area contributed by atoms with E-state index >= 15 is 0 Å². The molecule has 0 bridgehead atoms. The highest BCUT2D eigenvalue weighted by molar-refractivity contribution is 5.47. The first-order valence-electron chi connectivity index (χ1n) is 6.98. The van der Waals surface area contributed by atoms with Gasteiger partial charge < -0.3 is 9.47 Å². The second kappa shape index (κ2) is 7.95. The lowest BCUT2D eigenvalue weighted by Crippen LogP contribution is -2.02. The van der Waals surface area contributed by atoms with Crippen LogP contribution in [0.5, 0.6) is 11.5 Å². The van der Waals surface area contributed by atoms with Crippen molar-refractivity contribution in [3.63, 3.8) is 0 Å². The van der Waals surface area contributed by atoms with Gasteiger partial charge >= 0.3 is 0 Å². The number of rotatable bonds is 8. The van der Waals surface area contributed by atoms with E-state index in [0.29, 0.717) is 13.2 Å². The minimum Gasteiger partial charge on any atom is -0.485 e. The van der Waals surface area contributed by atoms with Crippen molar-refractivity contribution in [2.75, 3.05) is 6.61 Å². The molecule has 2 aromatic carbocycles. The van der Waals surface area contributed by atoms with E-state index in [1.54, 1.807) is 6.08 Å². The van der Waals surface area contributed by atoms with Gasteiger partial charge in [0.15, 0.2) is 11.5 Å². The molecule has 0 saturated heterocycles. The van der Waals surface area contributed by atoms with Crippen LogP contribution in [0, 0.1) is 0 Å². The van der Waals surface area contributed by atoms with Crippen molar-refractivity contribution >= 4 is 0 Å². The van der Waals surface area contributed by atoms with E-state index in [2.05, 4.69) is 13.2 Å². The summed E-state index contributed by atoms with van der Waals surface area (Å²) in [6.45, 7) is 8.44. The second-order valence-corrected chi connectivity index (χ2v) is 4.61. The number of benzene rings is 2. The molecule has 0 unspecified atom stereocenters. The number of allylic oxidation sites excluding steroid dienone is 1. The van der Waals surface area contributed by atoms with Crippen LogP contribution in [0.1, 0.15) is 11.1 Å². The van der Waals surface area contributed by atoms with Gasteiger partial charge in [0.1, 0.15) is 13.2 Å². The fraction of sp³-hybridized carbons (Fsp3) is 0.158. The zero-order valence-corrected chi connectivity index (χ0v) is 12.1. The van der Waals surface area contributed by atoms with Gasteiger partial charge in [0, 0.05) is 5.56 Å². The third kappa shape index (κ3) is 4.25. The largest absolute Gasteiger partial charge is 0.485 e. The molecule has 2 nitrogen and oxygen atoms in total. The minimum absolute atomic E-state index is 0.454. The quantitative estimate of drug-likeness (QED) is 0.660. The molecular formula is C19H20O2. The second-order valence-electron chi connectivity index (χ2n) is 4.61. The van der Waals surface area contributed by atoms with Gasteiger partial charge in [-0.1, -0.05) is 61.2 Å². The number of para-hydroxylation sites is 1. The fourth-order valence-electron chi connectivity index (χ4n) is 2.03. The first-order chi connectivity index (χ1) is 10.3. The summed E-state index contributed by atoms with van der Waals surface area (Å²) in [6.07, 6.45) is 4.33. The lowest BCUT2D eigenvalue weighted by Gasteiger charge is -2.15. The fourth-order valence-corrected chi connectivity index (χ4v) is 2.03. The molecule has 2 rings (SSSR count). The first kappa shape index (κ1) is 14.9. The normalized spacial score (nSPS) is 9.90. The van der Waals surface area contributed by atoms with E-state index in [0.717, 1.165) is 29.0 Å². The van der Waals surface area contributed by atoms with Crippen molar-refractivity contribution < 1.29 is 9.47 Å². The van der Waals surface area contributed by atoms with Crippen LogP contribution in [-0.4, -0.2) is 6.61 Å². The highest BCUT2D eigenvalue weighted by Crippen LogP contribution is 2.32. The Morgan fingerprint density at radius 1 is 0.857 bits per heavy atom. The Labute approximate surface area is 126 Å². The van der Waals surface area contributed by atoms with Gasteiger partial charge in [-0.3, -0.25) is 0 Å². The smallest absolute Gasteiger partial charge is 0.165 e. The van der Waals surface area contributed by atoms with Crippen LogP contribution in [0.15, 0.2) is 73.8 Å². The van der Waals surface area contributed by atoms with Crippen molar-refractivity contribution in [1.82, 2.24) is 0 Å². The van der Waals surface area contributed by atoms with Gasteiger partial charge in [-0.25, -0.2) is 0 Å². The Bertz CT molecular complexity index is 588. The zero-order chi connectivity index (χ0) is 14.9. The molecule has 2 heteroatoms. The predicted molar refractivity (Wildman–Crippen MR) is 86.8 cm³/mol. The van der Waals surface area contributed by atoms with Crippen LogP contribution in [0.25, 0.3) is 0 Å². The van der Waals surface area contributed by atoms with E-state index in [1.165, 1.54) is 0 Å². The summed E-state index contributed by atoms with van der Waals surface area (Å²) in [5, 5.41) is 0. The van der Waals surface area contributed by atoms with Crippen molar-refractivity contribution in [2.24, 2.45) is 0 Å². The van der Waals surface area contributed by atoms with Crippen LogP contribution in [0.4, 0.5) is 0 Å². The summed E-state index contributed by atoms with van der Waals surface area (Å²) < 4.78 is 11.7.